The van der Waals surface area contributed by atoms with Crippen LogP contribution >= 0.6 is 0 Å². The molecule has 2 aromatic rings. The van der Waals surface area contributed by atoms with Crippen LogP contribution in [0.5, 0.6) is 0 Å². The second-order valence-corrected chi connectivity index (χ2v) is 7.66. The highest BCUT2D eigenvalue weighted by atomic mass is 19.1. The smallest absolute Gasteiger partial charge is 0.326 e. The maximum Gasteiger partial charge on any atom is 0.326 e. The Hall–Kier alpha value is -2.77. The summed E-state index contributed by atoms with van der Waals surface area (Å²) in [5.74, 6) is -0.420. The van der Waals surface area contributed by atoms with E-state index in [0.717, 1.165) is 19.3 Å². The number of benzene rings is 1. The standard InChI is InChI=1S/C20H22FN3O4/c1-11-9-12(5-6-15(11)21)19-22-16(28-23-19)7-8-17(25)24-10-13-3-2-4-14(13)18(24)20(26)27/h5-6,9,13-14,18H,2-4,7-8,10H2,1H3,(H,26,27). The van der Waals surface area contributed by atoms with Crippen LogP contribution in [0.4, 0.5) is 4.39 Å². The van der Waals surface area contributed by atoms with Gasteiger partial charge in [-0.05, 0) is 55.4 Å². The number of rotatable bonds is 5. The maximum atomic E-state index is 13.4. The summed E-state index contributed by atoms with van der Waals surface area (Å²) in [5.41, 5.74) is 1.12. The molecule has 4 rings (SSSR count). The molecule has 148 valence electrons. The van der Waals surface area contributed by atoms with Gasteiger partial charge in [0.05, 0.1) is 0 Å². The highest BCUT2D eigenvalue weighted by Crippen LogP contribution is 2.42. The van der Waals surface area contributed by atoms with Crippen LogP contribution in [0, 0.1) is 24.6 Å². The molecular formula is C20H22FN3O4. The third-order valence-corrected chi connectivity index (χ3v) is 5.90. The van der Waals surface area contributed by atoms with Gasteiger partial charge in [-0.25, -0.2) is 9.18 Å². The average Bonchev–Trinajstić information content (AvgIpc) is 3.36. The number of aromatic nitrogens is 2. The Morgan fingerprint density at radius 1 is 1.36 bits per heavy atom. The van der Waals surface area contributed by atoms with Crippen molar-refractivity contribution >= 4 is 11.9 Å². The predicted octanol–water partition coefficient (Wildman–Crippen LogP) is 2.83. The van der Waals surface area contributed by atoms with Crippen LogP contribution in [-0.2, 0) is 16.0 Å². The van der Waals surface area contributed by atoms with Crippen LogP contribution in [0.2, 0.25) is 0 Å². The van der Waals surface area contributed by atoms with Crippen molar-refractivity contribution in [1.29, 1.82) is 0 Å². The lowest BCUT2D eigenvalue weighted by Crippen LogP contribution is -2.43. The average molecular weight is 387 g/mol. The van der Waals surface area contributed by atoms with Gasteiger partial charge in [0.25, 0.3) is 0 Å². The third kappa shape index (κ3) is 3.39. The Morgan fingerprint density at radius 3 is 2.93 bits per heavy atom. The molecule has 0 radical (unpaired) electrons. The molecule has 1 amide bonds. The van der Waals surface area contributed by atoms with Gasteiger partial charge in [0.15, 0.2) is 0 Å². The first-order valence-corrected chi connectivity index (χ1v) is 9.55. The molecule has 2 aliphatic rings. The van der Waals surface area contributed by atoms with E-state index >= 15 is 0 Å². The van der Waals surface area contributed by atoms with Crippen molar-refractivity contribution in [1.82, 2.24) is 15.0 Å². The van der Waals surface area contributed by atoms with E-state index in [-0.39, 0.29) is 30.5 Å². The highest BCUT2D eigenvalue weighted by Gasteiger charge is 2.49. The van der Waals surface area contributed by atoms with Crippen LogP contribution in [-0.4, -0.2) is 44.6 Å². The third-order valence-electron chi connectivity index (χ3n) is 5.90. The van der Waals surface area contributed by atoms with Gasteiger partial charge < -0.3 is 14.5 Å². The molecule has 1 saturated carbocycles. The number of halogens is 1. The zero-order chi connectivity index (χ0) is 19.8. The molecule has 3 atom stereocenters. The zero-order valence-electron chi connectivity index (χ0n) is 15.6. The Morgan fingerprint density at radius 2 is 2.18 bits per heavy atom. The van der Waals surface area contributed by atoms with E-state index in [2.05, 4.69) is 10.1 Å². The second kappa shape index (κ2) is 7.33. The van der Waals surface area contributed by atoms with Crippen molar-refractivity contribution in [2.24, 2.45) is 11.8 Å². The van der Waals surface area contributed by atoms with Gasteiger partial charge in [0.2, 0.25) is 17.6 Å². The number of likely N-dealkylation sites (tertiary alicyclic amines) is 1. The van der Waals surface area contributed by atoms with Gasteiger partial charge in [-0.1, -0.05) is 11.6 Å². The second-order valence-electron chi connectivity index (χ2n) is 7.66. The number of hydrogen-bond donors (Lipinski definition) is 1. The number of amides is 1. The molecule has 1 N–H and O–H groups in total. The maximum absolute atomic E-state index is 13.4. The van der Waals surface area contributed by atoms with Crippen molar-refractivity contribution in [2.75, 3.05) is 6.54 Å². The Labute approximate surface area is 161 Å². The molecule has 1 aliphatic carbocycles. The number of carbonyl (C=O) groups excluding carboxylic acids is 1. The van der Waals surface area contributed by atoms with Crippen LogP contribution < -0.4 is 0 Å². The van der Waals surface area contributed by atoms with E-state index in [1.54, 1.807) is 19.1 Å². The SMILES string of the molecule is Cc1cc(-c2noc(CCC(=O)N3CC4CCCC4C3C(=O)O)n2)ccc1F. The Bertz CT molecular complexity index is 913. The van der Waals surface area contributed by atoms with E-state index in [1.165, 1.54) is 11.0 Å². The summed E-state index contributed by atoms with van der Waals surface area (Å²) < 4.78 is 18.6. The number of carboxylic acids is 1. The van der Waals surface area contributed by atoms with E-state index in [0.29, 0.717) is 35.3 Å². The van der Waals surface area contributed by atoms with Crippen LogP contribution in [0.1, 0.15) is 37.1 Å². The minimum Gasteiger partial charge on any atom is -0.480 e. The summed E-state index contributed by atoms with van der Waals surface area (Å²) in [6.07, 6.45) is 3.25. The Kier molecular flexibility index (Phi) is 4.87. The highest BCUT2D eigenvalue weighted by molar-refractivity contribution is 5.84. The largest absolute Gasteiger partial charge is 0.480 e. The summed E-state index contributed by atoms with van der Waals surface area (Å²) in [7, 11) is 0. The fourth-order valence-electron chi connectivity index (χ4n) is 4.49. The first-order valence-electron chi connectivity index (χ1n) is 9.55. The number of aryl methyl sites for hydroxylation is 2. The van der Waals surface area contributed by atoms with Gasteiger partial charge in [-0.2, -0.15) is 4.98 Å². The van der Waals surface area contributed by atoms with Crippen LogP contribution in [0.15, 0.2) is 22.7 Å². The molecule has 1 aromatic heterocycles. The van der Waals surface area contributed by atoms with Crippen LogP contribution in [0.25, 0.3) is 11.4 Å². The quantitative estimate of drug-likeness (QED) is 0.847. The van der Waals surface area contributed by atoms with Crippen molar-refractivity contribution in [3.05, 3.63) is 35.5 Å². The monoisotopic (exact) mass is 387 g/mol. The topological polar surface area (TPSA) is 96.5 Å². The summed E-state index contributed by atoms with van der Waals surface area (Å²) >= 11 is 0. The lowest BCUT2D eigenvalue weighted by molar-refractivity contribution is -0.149. The van der Waals surface area contributed by atoms with Crippen molar-refractivity contribution in [3.8, 4) is 11.4 Å². The van der Waals surface area contributed by atoms with Gasteiger partial charge >= 0.3 is 5.97 Å². The minimum atomic E-state index is -0.922. The van der Waals surface area contributed by atoms with E-state index in [9.17, 15) is 19.1 Å². The van der Waals surface area contributed by atoms with Crippen molar-refractivity contribution in [3.63, 3.8) is 0 Å². The minimum absolute atomic E-state index is 0.0678. The molecule has 0 spiro atoms. The number of carbonyl (C=O) groups is 2. The van der Waals surface area contributed by atoms with Gasteiger partial charge in [0.1, 0.15) is 11.9 Å². The number of nitrogens with zero attached hydrogens (tertiary/aromatic N) is 3. The molecule has 7 nitrogen and oxygen atoms in total. The number of carboxylic acid groups (broad SMARTS) is 1. The van der Waals surface area contributed by atoms with Gasteiger partial charge in [0, 0.05) is 24.9 Å². The van der Waals surface area contributed by atoms with Gasteiger partial charge in [-0.3, -0.25) is 4.79 Å². The van der Waals surface area contributed by atoms with E-state index in [4.69, 9.17) is 4.52 Å². The number of fused-ring (bicyclic) bond motifs is 1. The van der Waals surface area contributed by atoms with Gasteiger partial charge in [-0.15, -0.1) is 0 Å². The fraction of sp³-hybridized carbons (Fsp3) is 0.500. The lowest BCUT2D eigenvalue weighted by atomic mass is 9.94. The van der Waals surface area contributed by atoms with E-state index < -0.39 is 12.0 Å². The zero-order valence-corrected chi connectivity index (χ0v) is 15.6. The molecule has 3 unspecified atom stereocenters. The molecule has 1 aromatic carbocycles. The predicted molar refractivity (Wildman–Crippen MR) is 96.7 cm³/mol. The molecule has 1 saturated heterocycles. The normalized spacial score (nSPS) is 23.8. The summed E-state index contributed by atoms with van der Waals surface area (Å²) in [5, 5.41) is 13.5. The van der Waals surface area contributed by atoms with E-state index in [1.807, 2.05) is 0 Å². The molecule has 28 heavy (non-hydrogen) atoms. The molecule has 1 aliphatic heterocycles. The van der Waals surface area contributed by atoms with Crippen molar-refractivity contribution in [2.45, 2.75) is 45.1 Å². The number of hydrogen-bond acceptors (Lipinski definition) is 5. The summed E-state index contributed by atoms with van der Waals surface area (Å²) in [4.78, 5) is 30.1. The molecular weight excluding hydrogens is 365 g/mol. The van der Waals surface area contributed by atoms with Crippen molar-refractivity contribution < 1.29 is 23.6 Å². The van der Waals surface area contributed by atoms with Crippen LogP contribution in [0.3, 0.4) is 0 Å². The summed E-state index contributed by atoms with van der Waals surface area (Å²) in [6, 6.07) is 3.83. The first kappa shape index (κ1) is 18.6. The molecule has 0 bridgehead atoms. The summed E-state index contributed by atoms with van der Waals surface area (Å²) in [6.45, 7) is 2.17. The first-order chi connectivity index (χ1) is 13.4. The fourth-order valence-corrected chi connectivity index (χ4v) is 4.49. The Balaban J connectivity index is 1.41. The molecule has 2 heterocycles. The number of aliphatic carboxylic acids is 1. The lowest BCUT2D eigenvalue weighted by Gasteiger charge is -2.24. The molecule has 8 heteroatoms. The molecule has 2 fully saturated rings.